The Hall–Kier alpha value is -0.200. The Balaban J connectivity index is 4.45. The Kier molecular flexibility index (Phi) is 2.98. The van der Waals surface area contributed by atoms with Crippen LogP contribution in [-0.2, 0) is 0 Å². The third-order valence-electron chi connectivity index (χ3n) is 1.71. The second kappa shape index (κ2) is 3.04. The minimum atomic E-state index is -3.28. The van der Waals surface area contributed by atoms with E-state index in [0.717, 1.165) is 6.92 Å². The van der Waals surface area contributed by atoms with Crippen LogP contribution in [0, 0.1) is 0 Å². The highest BCUT2D eigenvalue weighted by Crippen LogP contribution is 2.22. The Bertz CT molecular complexity index is 125. The largest absolute Gasteiger partial charge is 0.390 e. The summed E-state index contributed by atoms with van der Waals surface area (Å²) in [4.78, 5) is 0. The van der Waals surface area contributed by atoms with Crippen LogP contribution in [0.5, 0.6) is 0 Å². The molecule has 11 heavy (non-hydrogen) atoms. The van der Waals surface area contributed by atoms with Gasteiger partial charge >= 0.3 is 5.97 Å². The van der Waals surface area contributed by atoms with E-state index < -0.39 is 17.7 Å². The van der Waals surface area contributed by atoms with Gasteiger partial charge in [0.2, 0.25) is 0 Å². The molecule has 0 radical (unpaired) electrons. The first-order chi connectivity index (χ1) is 4.73. The normalized spacial score (nSPS) is 21.0. The van der Waals surface area contributed by atoms with Crippen LogP contribution in [0.15, 0.2) is 0 Å². The average molecular weight is 166 g/mol. The Labute approximate surface area is 64.5 Å². The molecular formula is C6H14O5. The highest BCUT2D eigenvalue weighted by atomic mass is 16.7. The molecule has 2 atom stereocenters. The molecule has 0 bridgehead atoms. The van der Waals surface area contributed by atoms with Crippen molar-refractivity contribution >= 4 is 0 Å². The maximum absolute atomic E-state index is 9.12. The Morgan fingerprint density at radius 1 is 1.18 bits per heavy atom. The minimum absolute atomic E-state index is 0.108. The Morgan fingerprint density at radius 3 is 1.64 bits per heavy atom. The molecule has 5 N–H and O–H groups in total. The summed E-state index contributed by atoms with van der Waals surface area (Å²) in [7, 11) is 0. The Morgan fingerprint density at radius 2 is 1.55 bits per heavy atom. The highest BCUT2D eigenvalue weighted by molar-refractivity contribution is 4.86. The molecule has 2 unspecified atom stereocenters. The summed E-state index contributed by atoms with van der Waals surface area (Å²) >= 11 is 0. The van der Waals surface area contributed by atoms with Crippen molar-refractivity contribution in [1.82, 2.24) is 0 Å². The first-order valence-electron chi connectivity index (χ1n) is 3.31. The quantitative estimate of drug-likeness (QED) is 0.316. The van der Waals surface area contributed by atoms with Crippen molar-refractivity contribution in [2.24, 2.45) is 0 Å². The number of aliphatic hydroxyl groups excluding tert-OH is 1. The third kappa shape index (κ3) is 2.11. The molecule has 0 aromatic heterocycles. The molecule has 0 amide bonds. The summed E-state index contributed by atoms with van der Waals surface area (Å²) in [5.74, 6) is -3.28. The van der Waals surface area contributed by atoms with Crippen LogP contribution in [0.4, 0.5) is 0 Å². The highest BCUT2D eigenvalue weighted by Gasteiger charge is 2.48. The molecule has 0 spiro atoms. The van der Waals surface area contributed by atoms with Crippen molar-refractivity contribution in [3.05, 3.63) is 0 Å². The molecule has 5 heteroatoms. The van der Waals surface area contributed by atoms with Crippen LogP contribution < -0.4 is 0 Å². The van der Waals surface area contributed by atoms with Gasteiger partial charge in [0.15, 0.2) is 5.60 Å². The van der Waals surface area contributed by atoms with Gasteiger partial charge in [0.25, 0.3) is 0 Å². The molecule has 68 valence electrons. The zero-order valence-corrected chi connectivity index (χ0v) is 6.52. The fourth-order valence-corrected chi connectivity index (χ4v) is 0.621. The lowest BCUT2D eigenvalue weighted by molar-refractivity contribution is -0.401. The fraction of sp³-hybridized carbons (Fsp3) is 1.00. The molecule has 0 saturated heterocycles. The first-order valence-corrected chi connectivity index (χ1v) is 3.31. The van der Waals surface area contributed by atoms with Crippen LogP contribution in [0.25, 0.3) is 0 Å². The van der Waals surface area contributed by atoms with Crippen LogP contribution in [0.2, 0.25) is 0 Å². The molecule has 0 aliphatic heterocycles. The number of rotatable bonds is 3. The van der Waals surface area contributed by atoms with Gasteiger partial charge in [0, 0.05) is 0 Å². The van der Waals surface area contributed by atoms with E-state index >= 15 is 0 Å². The molecule has 0 heterocycles. The molecule has 0 aromatic rings. The zero-order valence-electron chi connectivity index (χ0n) is 6.52. The van der Waals surface area contributed by atoms with E-state index in [4.69, 9.17) is 25.5 Å². The standard InChI is InChI=1S/C6H14O5/c1-3-4(7)5(2,8)6(9,10)11/h4,7-11H,3H2,1-2H3. The minimum Gasteiger partial charge on any atom is -0.390 e. The summed E-state index contributed by atoms with van der Waals surface area (Å²) in [6, 6.07) is 0. The molecule has 5 nitrogen and oxygen atoms in total. The van der Waals surface area contributed by atoms with Crippen molar-refractivity contribution in [2.45, 2.75) is 37.9 Å². The van der Waals surface area contributed by atoms with Gasteiger partial charge in [-0.05, 0) is 13.3 Å². The van der Waals surface area contributed by atoms with Crippen LogP contribution in [0.1, 0.15) is 20.3 Å². The summed E-state index contributed by atoms with van der Waals surface area (Å²) in [5.41, 5.74) is -2.33. The zero-order chi connectivity index (χ0) is 9.28. The lowest BCUT2D eigenvalue weighted by Crippen LogP contribution is -2.59. The van der Waals surface area contributed by atoms with Gasteiger partial charge < -0.3 is 25.5 Å². The summed E-state index contributed by atoms with van der Waals surface area (Å²) in [6.45, 7) is 2.46. The second-order valence-corrected chi connectivity index (χ2v) is 2.71. The van der Waals surface area contributed by atoms with Gasteiger partial charge in [-0.25, -0.2) is 0 Å². The van der Waals surface area contributed by atoms with Crippen molar-refractivity contribution < 1.29 is 25.5 Å². The SMILES string of the molecule is CCC(O)C(C)(O)C(O)(O)O. The van der Waals surface area contributed by atoms with E-state index in [-0.39, 0.29) is 6.42 Å². The van der Waals surface area contributed by atoms with E-state index in [2.05, 4.69) is 0 Å². The van der Waals surface area contributed by atoms with Gasteiger partial charge in [0.05, 0.1) is 6.10 Å². The number of hydrogen-bond donors (Lipinski definition) is 5. The van der Waals surface area contributed by atoms with Gasteiger partial charge in [-0.15, -0.1) is 0 Å². The van der Waals surface area contributed by atoms with Crippen LogP contribution in [-0.4, -0.2) is 43.2 Å². The maximum Gasteiger partial charge on any atom is 0.308 e. The van der Waals surface area contributed by atoms with E-state index in [1.54, 1.807) is 0 Å². The van der Waals surface area contributed by atoms with Crippen molar-refractivity contribution in [3.63, 3.8) is 0 Å². The van der Waals surface area contributed by atoms with Gasteiger partial charge in [-0.1, -0.05) is 6.92 Å². The van der Waals surface area contributed by atoms with E-state index in [0.29, 0.717) is 0 Å². The van der Waals surface area contributed by atoms with E-state index in [1.165, 1.54) is 6.92 Å². The predicted octanol–water partition coefficient (Wildman–Crippen LogP) is -1.86. The van der Waals surface area contributed by atoms with Gasteiger partial charge in [-0.3, -0.25) is 0 Å². The maximum atomic E-state index is 9.12. The first kappa shape index (κ1) is 10.8. The summed E-state index contributed by atoms with van der Waals surface area (Å²) in [6.07, 6.45) is -1.28. The fourth-order valence-electron chi connectivity index (χ4n) is 0.621. The number of hydrogen-bond acceptors (Lipinski definition) is 5. The number of aliphatic hydroxyl groups is 5. The molecular weight excluding hydrogens is 152 g/mol. The van der Waals surface area contributed by atoms with E-state index in [9.17, 15) is 0 Å². The van der Waals surface area contributed by atoms with Gasteiger partial charge in [0.1, 0.15) is 0 Å². The second-order valence-electron chi connectivity index (χ2n) is 2.71. The van der Waals surface area contributed by atoms with Crippen LogP contribution in [0.3, 0.4) is 0 Å². The molecule has 0 fully saturated rings. The molecule has 0 aliphatic carbocycles. The molecule has 0 aliphatic rings. The molecule has 0 saturated carbocycles. The topological polar surface area (TPSA) is 101 Å². The van der Waals surface area contributed by atoms with Gasteiger partial charge in [-0.2, -0.15) is 0 Å². The monoisotopic (exact) mass is 166 g/mol. The van der Waals surface area contributed by atoms with Crippen molar-refractivity contribution in [1.29, 1.82) is 0 Å². The smallest absolute Gasteiger partial charge is 0.308 e. The summed E-state index contributed by atoms with van der Waals surface area (Å²) < 4.78 is 0. The average Bonchev–Trinajstić information content (AvgIpc) is 1.83. The van der Waals surface area contributed by atoms with Crippen LogP contribution >= 0.6 is 0 Å². The third-order valence-corrected chi connectivity index (χ3v) is 1.71. The lowest BCUT2D eigenvalue weighted by Gasteiger charge is -2.35. The molecule has 0 aromatic carbocycles. The van der Waals surface area contributed by atoms with E-state index in [1.807, 2.05) is 0 Å². The molecule has 0 rings (SSSR count). The van der Waals surface area contributed by atoms with Crippen molar-refractivity contribution in [3.8, 4) is 0 Å². The predicted molar refractivity (Wildman–Crippen MR) is 36.3 cm³/mol. The summed E-state index contributed by atoms with van der Waals surface area (Å²) in [5, 5.41) is 43.8. The lowest BCUT2D eigenvalue weighted by atomic mass is 9.94. The van der Waals surface area contributed by atoms with Crippen molar-refractivity contribution in [2.75, 3.05) is 0 Å².